The highest BCUT2D eigenvalue weighted by Gasteiger charge is 2.17. The van der Waals surface area contributed by atoms with Crippen LogP contribution in [0.1, 0.15) is 25.8 Å². The van der Waals surface area contributed by atoms with E-state index in [2.05, 4.69) is 11.4 Å². The van der Waals surface area contributed by atoms with Gasteiger partial charge in [-0.15, -0.1) is 0 Å². The van der Waals surface area contributed by atoms with Gasteiger partial charge in [0.05, 0.1) is 24.7 Å². The quantitative estimate of drug-likeness (QED) is 0.712. The zero-order chi connectivity index (χ0) is 15.7. The maximum atomic E-state index is 13.9. The molecule has 0 atom stereocenters. The molecule has 116 valence electrons. The maximum Gasteiger partial charge on any atom is 0.165 e. The molecule has 1 aromatic carbocycles. The molecule has 1 N–H and O–H groups in total. The third kappa shape index (κ3) is 6.11. The van der Waals surface area contributed by atoms with Gasteiger partial charge in [0.25, 0.3) is 0 Å². The summed E-state index contributed by atoms with van der Waals surface area (Å²) in [5.74, 6) is -0.119. The second-order valence-corrected chi connectivity index (χ2v) is 5.49. The van der Waals surface area contributed by atoms with E-state index in [1.165, 1.54) is 6.07 Å². The van der Waals surface area contributed by atoms with Crippen molar-refractivity contribution in [3.63, 3.8) is 0 Å². The summed E-state index contributed by atoms with van der Waals surface area (Å²) in [5.41, 5.74) is 0.295. The molecule has 0 fully saturated rings. The highest BCUT2D eigenvalue weighted by Crippen LogP contribution is 2.25. The van der Waals surface area contributed by atoms with Crippen LogP contribution in [-0.4, -0.2) is 26.9 Å². The Morgan fingerprint density at radius 1 is 1.33 bits per heavy atom. The Hall–Kier alpha value is -1.64. The third-order valence-electron chi connectivity index (χ3n) is 3.12. The van der Waals surface area contributed by atoms with Crippen LogP contribution in [0.15, 0.2) is 18.2 Å². The van der Waals surface area contributed by atoms with Gasteiger partial charge in [-0.05, 0) is 26.3 Å². The predicted molar refractivity (Wildman–Crippen MR) is 79.5 cm³/mol. The number of rotatable bonds is 9. The molecule has 1 aromatic rings. The number of nitrogens with zero attached hydrogens (tertiary/aromatic N) is 1. The molecular weight excluding hydrogens is 271 g/mol. The van der Waals surface area contributed by atoms with E-state index >= 15 is 0 Å². The number of nitriles is 1. The van der Waals surface area contributed by atoms with Crippen LogP contribution in [0.5, 0.6) is 5.75 Å². The highest BCUT2D eigenvalue weighted by atomic mass is 19.1. The van der Waals surface area contributed by atoms with Crippen molar-refractivity contribution in [1.82, 2.24) is 5.32 Å². The van der Waals surface area contributed by atoms with Crippen molar-refractivity contribution >= 4 is 0 Å². The molecule has 0 spiro atoms. The van der Waals surface area contributed by atoms with Crippen LogP contribution in [0.3, 0.4) is 0 Å². The van der Waals surface area contributed by atoms with Crippen LogP contribution in [-0.2, 0) is 11.3 Å². The molecule has 0 saturated carbocycles. The number of halogens is 1. The molecule has 0 radical (unpaired) electrons. The Morgan fingerprint density at radius 2 is 2.10 bits per heavy atom. The van der Waals surface area contributed by atoms with E-state index in [0.29, 0.717) is 32.7 Å². The van der Waals surface area contributed by atoms with Crippen molar-refractivity contribution in [3.05, 3.63) is 29.6 Å². The van der Waals surface area contributed by atoms with Gasteiger partial charge < -0.3 is 14.8 Å². The number of hydrogen-bond donors (Lipinski definition) is 1. The molecule has 0 saturated heterocycles. The SMILES string of the molecule is COCCNCc1cccc(F)c1OCCC(C)(C)C#N. The number of nitrogens with one attached hydrogen (secondary N) is 1. The molecule has 1 rings (SSSR count). The second-order valence-electron chi connectivity index (χ2n) is 5.49. The van der Waals surface area contributed by atoms with Gasteiger partial charge in [0, 0.05) is 25.8 Å². The Balaban J connectivity index is 2.61. The molecule has 0 aliphatic heterocycles. The van der Waals surface area contributed by atoms with Crippen molar-refractivity contribution < 1.29 is 13.9 Å². The van der Waals surface area contributed by atoms with E-state index in [9.17, 15) is 4.39 Å². The second kappa shape index (κ2) is 8.60. The molecule has 0 bridgehead atoms. The number of hydrogen-bond acceptors (Lipinski definition) is 4. The van der Waals surface area contributed by atoms with Gasteiger partial charge in [0.1, 0.15) is 0 Å². The van der Waals surface area contributed by atoms with Gasteiger partial charge in [-0.25, -0.2) is 4.39 Å². The Bertz CT molecular complexity index is 484. The molecule has 0 heterocycles. The van der Waals surface area contributed by atoms with Crippen molar-refractivity contribution in [1.29, 1.82) is 5.26 Å². The van der Waals surface area contributed by atoms with Crippen LogP contribution < -0.4 is 10.1 Å². The smallest absolute Gasteiger partial charge is 0.165 e. The minimum Gasteiger partial charge on any atom is -0.490 e. The average molecular weight is 294 g/mol. The van der Waals surface area contributed by atoms with Gasteiger partial charge in [-0.3, -0.25) is 0 Å². The van der Waals surface area contributed by atoms with Gasteiger partial charge >= 0.3 is 0 Å². The van der Waals surface area contributed by atoms with Crippen LogP contribution in [0.4, 0.5) is 4.39 Å². The Morgan fingerprint density at radius 3 is 2.76 bits per heavy atom. The first kappa shape index (κ1) is 17.4. The van der Waals surface area contributed by atoms with Crippen molar-refractivity contribution in [2.75, 3.05) is 26.9 Å². The number of methoxy groups -OCH3 is 1. The molecule has 21 heavy (non-hydrogen) atoms. The van der Waals surface area contributed by atoms with E-state index in [4.69, 9.17) is 14.7 Å². The molecule has 5 heteroatoms. The third-order valence-corrected chi connectivity index (χ3v) is 3.12. The fraction of sp³-hybridized carbons (Fsp3) is 0.562. The van der Waals surface area contributed by atoms with E-state index in [-0.39, 0.29) is 11.6 Å². The lowest BCUT2D eigenvalue weighted by atomic mass is 9.92. The fourth-order valence-electron chi connectivity index (χ4n) is 1.72. The minimum absolute atomic E-state index is 0.260. The summed E-state index contributed by atoms with van der Waals surface area (Å²) in [6.07, 6.45) is 0.550. The zero-order valence-electron chi connectivity index (χ0n) is 12.9. The fourth-order valence-corrected chi connectivity index (χ4v) is 1.72. The molecule has 0 aliphatic rings. The Kier molecular flexibility index (Phi) is 7.13. The summed E-state index contributed by atoms with van der Waals surface area (Å²) in [5, 5.41) is 12.1. The lowest BCUT2D eigenvalue weighted by molar-refractivity contribution is 0.198. The molecule has 0 unspecified atom stereocenters. The summed E-state index contributed by atoms with van der Waals surface area (Å²) in [6.45, 7) is 5.79. The summed E-state index contributed by atoms with van der Waals surface area (Å²) >= 11 is 0. The lowest BCUT2D eigenvalue weighted by Crippen LogP contribution is -2.20. The first-order chi connectivity index (χ1) is 10.00. The molecule has 0 amide bonds. The molecule has 0 aromatic heterocycles. The summed E-state index contributed by atoms with van der Waals surface area (Å²) < 4.78 is 24.4. The van der Waals surface area contributed by atoms with E-state index < -0.39 is 5.41 Å². The summed E-state index contributed by atoms with van der Waals surface area (Å²) in [7, 11) is 1.63. The van der Waals surface area contributed by atoms with Crippen molar-refractivity contribution in [2.45, 2.75) is 26.8 Å². The number of para-hydroxylation sites is 1. The first-order valence-electron chi connectivity index (χ1n) is 7.01. The summed E-state index contributed by atoms with van der Waals surface area (Å²) in [6, 6.07) is 7.07. The van der Waals surface area contributed by atoms with Crippen LogP contribution in [0, 0.1) is 22.6 Å². The normalized spacial score (nSPS) is 11.2. The van der Waals surface area contributed by atoms with E-state index in [1.54, 1.807) is 13.2 Å². The molecular formula is C16H23FN2O2. The predicted octanol–water partition coefficient (Wildman–Crippen LogP) is 2.88. The topological polar surface area (TPSA) is 54.3 Å². The first-order valence-corrected chi connectivity index (χ1v) is 7.01. The van der Waals surface area contributed by atoms with Crippen molar-refractivity contribution in [2.24, 2.45) is 5.41 Å². The highest BCUT2D eigenvalue weighted by molar-refractivity contribution is 5.34. The lowest BCUT2D eigenvalue weighted by Gasteiger charge is -2.17. The van der Waals surface area contributed by atoms with Gasteiger partial charge in [0.15, 0.2) is 11.6 Å². The number of ether oxygens (including phenoxy) is 2. The van der Waals surface area contributed by atoms with Crippen LogP contribution in [0.25, 0.3) is 0 Å². The average Bonchev–Trinajstić information content (AvgIpc) is 2.46. The van der Waals surface area contributed by atoms with Crippen LogP contribution >= 0.6 is 0 Å². The van der Waals surface area contributed by atoms with Gasteiger partial charge in [-0.1, -0.05) is 12.1 Å². The molecule has 0 aliphatic carbocycles. The maximum absolute atomic E-state index is 13.9. The number of benzene rings is 1. The van der Waals surface area contributed by atoms with Crippen molar-refractivity contribution in [3.8, 4) is 11.8 Å². The summed E-state index contributed by atoms with van der Waals surface area (Å²) in [4.78, 5) is 0. The van der Waals surface area contributed by atoms with Gasteiger partial charge in [-0.2, -0.15) is 5.26 Å². The zero-order valence-corrected chi connectivity index (χ0v) is 12.9. The van der Waals surface area contributed by atoms with Gasteiger partial charge in [0.2, 0.25) is 0 Å². The molecule has 4 nitrogen and oxygen atoms in total. The van der Waals surface area contributed by atoms with E-state index in [1.807, 2.05) is 19.9 Å². The standard InChI is InChI=1S/C16H23FN2O2/c1-16(2,12-18)7-9-21-15-13(5-4-6-14(15)17)11-19-8-10-20-3/h4-6,19H,7-11H2,1-3H3. The largest absolute Gasteiger partial charge is 0.490 e. The monoisotopic (exact) mass is 294 g/mol. The van der Waals surface area contributed by atoms with Crippen LogP contribution in [0.2, 0.25) is 0 Å². The minimum atomic E-state index is -0.470. The van der Waals surface area contributed by atoms with E-state index in [0.717, 1.165) is 5.56 Å². The Labute approximate surface area is 125 Å².